The number of aldehydes is 1. The number of nitrogens with one attached hydrogen (secondary N) is 1. The Morgan fingerprint density at radius 2 is 1.59 bits per heavy atom. The van der Waals surface area contributed by atoms with Crippen LogP contribution in [0, 0.1) is 5.41 Å². The van der Waals surface area contributed by atoms with Gasteiger partial charge in [0.25, 0.3) is 0 Å². The van der Waals surface area contributed by atoms with Crippen molar-refractivity contribution in [2.45, 2.75) is 66.0 Å². The molecule has 0 bridgehead atoms. The Morgan fingerprint density at radius 1 is 1.12 bits per heavy atom. The van der Waals surface area contributed by atoms with E-state index in [-0.39, 0.29) is 0 Å². The van der Waals surface area contributed by atoms with Gasteiger partial charge in [-0.25, -0.2) is 4.79 Å². The first kappa shape index (κ1) is 15.9. The summed E-state index contributed by atoms with van der Waals surface area (Å²) in [4.78, 5) is 22.5. The molecule has 0 aromatic carbocycles. The third-order valence-electron chi connectivity index (χ3n) is 2.06. The molecule has 0 saturated carbocycles. The second-order valence-corrected chi connectivity index (χ2v) is 6.79. The molecule has 1 N–H and O–H groups in total. The fourth-order valence-corrected chi connectivity index (χ4v) is 1.80. The lowest BCUT2D eigenvalue weighted by Crippen LogP contribution is -2.48. The molecular formula is C13H25NO3. The zero-order valence-electron chi connectivity index (χ0n) is 12.0. The van der Waals surface area contributed by atoms with E-state index < -0.39 is 22.6 Å². The second-order valence-electron chi connectivity index (χ2n) is 6.79. The maximum absolute atomic E-state index is 11.6. The molecular weight excluding hydrogens is 218 g/mol. The molecule has 0 rings (SSSR count). The number of amides is 1. The summed E-state index contributed by atoms with van der Waals surface area (Å²) in [5.41, 5.74) is -1.45. The smallest absolute Gasteiger partial charge is 0.408 e. The van der Waals surface area contributed by atoms with Gasteiger partial charge in [0.15, 0.2) is 0 Å². The van der Waals surface area contributed by atoms with Gasteiger partial charge in [-0.3, -0.25) is 0 Å². The van der Waals surface area contributed by atoms with Crippen LogP contribution in [0.2, 0.25) is 0 Å². The van der Waals surface area contributed by atoms with Crippen LogP contribution in [-0.4, -0.2) is 23.5 Å². The summed E-state index contributed by atoms with van der Waals surface area (Å²) in [7, 11) is 0. The van der Waals surface area contributed by atoms with Gasteiger partial charge in [-0.15, -0.1) is 0 Å². The summed E-state index contributed by atoms with van der Waals surface area (Å²) < 4.78 is 5.18. The topological polar surface area (TPSA) is 55.4 Å². The van der Waals surface area contributed by atoms with Crippen molar-refractivity contribution in [3.8, 4) is 0 Å². The molecule has 4 nitrogen and oxygen atoms in total. The van der Waals surface area contributed by atoms with E-state index in [0.717, 1.165) is 6.29 Å². The lowest BCUT2D eigenvalue weighted by molar-refractivity contribution is -0.115. The van der Waals surface area contributed by atoms with Crippen molar-refractivity contribution in [1.29, 1.82) is 0 Å². The summed E-state index contributed by atoms with van der Waals surface area (Å²) in [5, 5.41) is 2.78. The van der Waals surface area contributed by atoms with Crippen molar-refractivity contribution in [2.75, 3.05) is 0 Å². The van der Waals surface area contributed by atoms with Crippen molar-refractivity contribution in [1.82, 2.24) is 5.32 Å². The van der Waals surface area contributed by atoms with Gasteiger partial charge in [0.2, 0.25) is 0 Å². The van der Waals surface area contributed by atoms with Crippen LogP contribution in [0.1, 0.15) is 54.9 Å². The summed E-state index contributed by atoms with van der Waals surface area (Å²) in [6.07, 6.45) is 1.01. The minimum Gasteiger partial charge on any atom is -0.444 e. The molecule has 0 heterocycles. The van der Waals surface area contributed by atoms with Gasteiger partial charge in [-0.05, 0) is 41.0 Å². The quantitative estimate of drug-likeness (QED) is 0.772. The first-order chi connectivity index (χ1) is 7.37. The highest BCUT2D eigenvalue weighted by Crippen LogP contribution is 2.25. The molecule has 0 saturated heterocycles. The van der Waals surface area contributed by atoms with E-state index in [4.69, 9.17) is 4.74 Å². The number of carbonyl (C=O) groups excluding carboxylic acids is 2. The molecule has 0 atom stereocenters. The average molecular weight is 243 g/mol. The molecule has 0 aromatic heterocycles. The largest absolute Gasteiger partial charge is 0.444 e. The van der Waals surface area contributed by atoms with Gasteiger partial charge in [0.05, 0.1) is 0 Å². The van der Waals surface area contributed by atoms with Crippen LogP contribution >= 0.6 is 0 Å². The Morgan fingerprint density at radius 3 is 1.94 bits per heavy atom. The molecule has 0 aliphatic carbocycles. The highest BCUT2D eigenvalue weighted by Gasteiger charge is 2.31. The molecule has 0 fully saturated rings. The lowest BCUT2D eigenvalue weighted by Gasteiger charge is -2.33. The van der Waals surface area contributed by atoms with E-state index in [1.165, 1.54) is 0 Å². The summed E-state index contributed by atoms with van der Waals surface area (Å²) >= 11 is 0. The average Bonchev–Trinajstić information content (AvgIpc) is 1.96. The van der Waals surface area contributed by atoms with Gasteiger partial charge in [0.1, 0.15) is 11.9 Å². The van der Waals surface area contributed by atoms with Crippen LogP contribution in [0.3, 0.4) is 0 Å². The van der Waals surface area contributed by atoms with Crippen LogP contribution in [0.15, 0.2) is 0 Å². The highest BCUT2D eigenvalue weighted by atomic mass is 16.6. The molecule has 4 heteroatoms. The van der Waals surface area contributed by atoms with Crippen LogP contribution < -0.4 is 5.32 Å². The van der Waals surface area contributed by atoms with E-state index in [9.17, 15) is 9.59 Å². The maximum atomic E-state index is 11.6. The van der Waals surface area contributed by atoms with E-state index >= 15 is 0 Å². The summed E-state index contributed by atoms with van der Waals surface area (Å²) in [6, 6.07) is 0. The number of hydrogen-bond donors (Lipinski definition) is 1. The summed E-state index contributed by atoms with van der Waals surface area (Å²) in [6.45, 7) is 12.9. The van der Waals surface area contributed by atoms with Crippen molar-refractivity contribution in [3.05, 3.63) is 0 Å². The minimum absolute atomic E-state index is 0.454. The predicted octanol–water partition coefficient (Wildman–Crippen LogP) is 2.90. The number of hydrogen-bond acceptors (Lipinski definition) is 3. The molecule has 0 aliphatic rings. The van der Waals surface area contributed by atoms with Crippen LogP contribution in [0.5, 0.6) is 0 Å². The van der Waals surface area contributed by atoms with E-state index in [0.29, 0.717) is 6.42 Å². The number of alkyl carbamates (subject to hydrolysis) is 1. The van der Waals surface area contributed by atoms with Crippen LogP contribution in [0.4, 0.5) is 4.79 Å². The van der Waals surface area contributed by atoms with E-state index in [1.807, 2.05) is 48.5 Å². The van der Waals surface area contributed by atoms with E-state index in [1.54, 1.807) is 0 Å². The van der Waals surface area contributed by atoms with Gasteiger partial charge in [-0.2, -0.15) is 0 Å². The van der Waals surface area contributed by atoms with Gasteiger partial charge in [-0.1, -0.05) is 13.8 Å². The fraction of sp³-hybridized carbons (Fsp3) is 0.846. The zero-order chi connectivity index (χ0) is 13.9. The Hall–Kier alpha value is -1.06. The second kappa shape index (κ2) is 5.07. The molecule has 0 radical (unpaired) electrons. The maximum Gasteiger partial charge on any atom is 0.408 e. The monoisotopic (exact) mass is 243 g/mol. The minimum atomic E-state index is -0.514. The third-order valence-corrected chi connectivity index (χ3v) is 2.06. The first-order valence-electron chi connectivity index (χ1n) is 5.84. The molecule has 1 amide bonds. The standard InChI is InChI=1S/C13H25NO3/c1-11(2,3)17-10(16)14-13(6,7)8-12(4,5)9-15/h9H,8H2,1-7H3,(H,14,16). The number of ether oxygens (including phenoxy) is 1. The molecule has 100 valence electrons. The van der Waals surface area contributed by atoms with E-state index in [2.05, 4.69) is 5.32 Å². The lowest BCUT2D eigenvalue weighted by atomic mass is 9.81. The van der Waals surface area contributed by atoms with Crippen molar-refractivity contribution < 1.29 is 14.3 Å². The zero-order valence-corrected chi connectivity index (χ0v) is 12.0. The number of rotatable bonds is 4. The highest BCUT2D eigenvalue weighted by molar-refractivity contribution is 5.69. The fourth-order valence-electron chi connectivity index (χ4n) is 1.80. The first-order valence-corrected chi connectivity index (χ1v) is 5.84. The molecule has 0 unspecified atom stereocenters. The molecule has 17 heavy (non-hydrogen) atoms. The van der Waals surface area contributed by atoms with Crippen molar-refractivity contribution >= 4 is 12.4 Å². The SMILES string of the molecule is CC(C)(C=O)CC(C)(C)NC(=O)OC(C)(C)C. The Bertz CT molecular complexity index is 288. The molecule has 0 aromatic rings. The predicted molar refractivity (Wildman–Crippen MR) is 67.9 cm³/mol. The Labute approximate surface area is 104 Å². The van der Waals surface area contributed by atoms with Crippen LogP contribution in [0.25, 0.3) is 0 Å². The molecule has 0 aliphatic heterocycles. The Kier molecular flexibility index (Phi) is 4.75. The van der Waals surface area contributed by atoms with Crippen molar-refractivity contribution in [2.24, 2.45) is 5.41 Å². The third kappa shape index (κ3) is 7.77. The normalized spacial score (nSPS) is 13.1. The van der Waals surface area contributed by atoms with Crippen molar-refractivity contribution in [3.63, 3.8) is 0 Å². The van der Waals surface area contributed by atoms with Gasteiger partial charge in [0, 0.05) is 11.0 Å². The Balaban J connectivity index is 4.45. The van der Waals surface area contributed by atoms with Crippen LogP contribution in [-0.2, 0) is 9.53 Å². The molecule has 0 spiro atoms. The van der Waals surface area contributed by atoms with Gasteiger partial charge >= 0.3 is 6.09 Å². The summed E-state index contributed by atoms with van der Waals surface area (Å²) in [5.74, 6) is 0. The number of carbonyl (C=O) groups is 2. The van der Waals surface area contributed by atoms with Gasteiger partial charge < -0.3 is 14.8 Å².